The Labute approximate surface area is 143 Å². The largest absolute Gasteiger partial charge is 0.475 e. The van der Waals surface area contributed by atoms with E-state index in [0.717, 1.165) is 0 Å². The minimum Gasteiger partial charge on any atom is -0.245 e. The van der Waals surface area contributed by atoms with Crippen molar-refractivity contribution in [1.29, 1.82) is 5.26 Å². The van der Waals surface area contributed by atoms with Crippen molar-refractivity contribution in [2.45, 2.75) is 10.4 Å². The maximum Gasteiger partial charge on any atom is 0.475 e. The van der Waals surface area contributed by atoms with Crippen LogP contribution >= 0.6 is 31.9 Å². The summed E-state index contributed by atoms with van der Waals surface area (Å²) in [5.41, 5.74) is -3.86. The first-order valence-electron chi connectivity index (χ1n) is 5.72. The van der Waals surface area contributed by atoms with Gasteiger partial charge in [0.05, 0.1) is 16.5 Å². The van der Waals surface area contributed by atoms with E-state index in [1.165, 1.54) is 30.3 Å². The average Bonchev–Trinajstić information content (AvgIpc) is 2.45. The van der Waals surface area contributed by atoms with Gasteiger partial charge < -0.3 is 0 Å². The molecular formula is C14H6Br2F3NOS. The van der Waals surface area contributed by atoms with Crippen molar-refractivity contribution in [3.8, 4) is 17.2 Å². The summed E-state index contributed by atoms with van der Waals surface area (Å²) in [5.74, 6) is 0. The molecule has 0 spiro atoms. The number of halogens is 5. The lowest BCUT2D eigenvalue weighted by atomic mass is 10.0. The molecule has 0 heterocycles. The van der Waals surface area contributed by atoms with E-state index in [9.17, 15) is 17.4 Å². The summed E-state index contributed by atoms with van der Waals surface area (Å²) in [7, 11) is -3.17. The molecule has 0 aliphatic heterocycles. The van der Waals surface area contributed by atoms with Crippen LogP contribution in [0.1, 0.15) is 5.56 Å². The van der Waals surface area contributed by atoms with E-state index in [-0.39, 0.29) is 10.5 Å². The fourth-order valence-electron chi connectivity index (χ4n) is 1.81. The van der Waals surface area contributed by atoms with Gasteiger partial charge in [-0.15, -0.1) is 0 Å². The number of alkyl halides is 3. The third-order valence-corrected chi connectivity index (χ3v) is 4.96. The van der Waals surface area contributed by atoms with Gasteiger partial charge >= 0.3 is 5.51 Å². The van der Waals surface area contributed by atoms with E-state index in [1.54, 1.807) is 6.07 Å². The van der Waals surface area contributed by atoms with E-state index in [2.05, 4.69) is 31.9 Å². The maximum atomic E-state index is 12.8. The lowest BCUT2D eigenvalue weighted by Crippen LogP contribution is -2.17. The van der Waals surface area contributed by atoms with Gasteiger partial charge in [-0.05, 0) is 29.8 Å². The molecule has 0 aliphatic carbocycles. The first kappa shape index (κ1) is 17.2. The summed E-state index contributed by atoms with van der Waals surface area (Å²) in [6.45, 7) is 0. The normalized spacial score (nSPS) is 12.7. The van der Waals surface area contributed by atoms with Crippen LogP contribution in [0.15, 0.2) is 50.2 Å². The highest BCUT2D eigenvalue weighted by molar-refractivity contribution is 9.11. The van der Waals surface area contributed by atoms with Crippen LogP contribution in [0, 0.1) is 11.3 Å². The SMILES string of the molecule is N#Cc1ccc(-c2c(Br)cc(Br)cc2S(=O)C(F)(F)F)cc1. The monoisotopic (exact) mass is 451 g/mol. The van der Waals surface area contributed by atoms with Crippen molar-refractivity contribution in [2.24, 2.45) is 0 Å². The highest BCUT2D eigenvalue weighted by Crippen LogP contribution is 2.40. The quantitative estimate of drug-likeness (QED) is 0.613. The summed E-state index contributed by atoms with van der Waals surface area (Å²) >= 11 is 6.31. The molecule has 2 nitrogen and oxygen atoms in total. The third-order valence-electron chi connectivity index (χ3n) is 2.73. The van der Waals surface area contributed by atoms with Gasteiger partial charge in [0.1, 0.15) is 0 Å². The first-order chi connectivity index (χ1) is 10.2. The molecule has 2 aromatic rings. The van der Waals surface area contributed by atoms with Gasteiger partial charge in [-0.25, -0.2) is 4.21 Å². The second-order valence-corrected chi connectivity index (χ2v) is 7.37. The van der Waals surface area contributed by atoms with Crippen molar-refractivity contribution in [1.82, 2.24) is 0 Å². The van der Waals surface area contributed by atoms with Crippen LogP contribution in [0.25, 0.3) is 11.1 Å². The van der Waals surface area contributed by atoms with Crippen molar-refractivity contribution in [3.63, 3.8) is 0 Å². The Bertz CT molecular complexity index is 782. The fourth-order valence-corrected chi connectivity index (χ4v) is 4.45. The highest BCUT2D eigenvalue weighted by atomic mass is 79.9. The van der Waals surface area contributed by atoms with Crippen molar-refractivity contribution in [3.05, 3.63) is 50.9 Å². The molecule has 0 bridgehead atoms. The van der Waals surface area contributed by atoms with Gasteiger partial charge in [-0.3, -0.25) is 0 Å². The molecule has 22 heavy (non-hydrogen) atoms. The van der Waals surface area contributed by atoms with E-state index in [4.69, 9.17) is 5.26 Å². The molecule has 1 atom stereocenters. The Kier molecular flexibility index (Phi) is 5.10. The van der Waals surface area contributed by atoms with Crippen molar-refractivity contribution < 1.29 is 17.4 Å². The van der Waals surface area contributed by atoms with E-state index < -0.39 is 16.3 Å². The Morgan fingerprint density at radius 3 is 2.18 bits per heavy atom. The zero-order valence-electron chi connectivity index (χ0n) is 10.6. The second kappa shape index (κ2) is 6.52. The minimum atomic E-state index is -4.86. The molecule has 0 amide bonds. The Balaban J connectivity index is 2.69. The molecule has 0 radical (unpaired) electrons. The molecule has 2 rings (SSSR count). The molecule has 114 valence electrons. The second-order valence-electron chi connectivity index (χ2n) is 4.16. The number of benzene rings is 2. The molecule has 1 unspecified atom stereocenters. The van der Waals surface area contributed by atoms with Crippen LogP contribution in [-0.2, 0) is 10.8 Å². The van der Waals surface area contributed by atoms with E-state index in [0.29, 0.717) is 20.1 Å². The zero-order valence-corrected chi connectivity index (χ0v) is 14.6. The smallest absolute Gasteiger partial charge is 0.245 e. The van der Waals surface area contributed by atoms with Gasteiger partial charge in [0.15, 0.2) is 10.8 Å². The van der Waals surface area contributed by atoms with E-state index >= 15 is 0 Å². The van der Waals surface area contributed by atoms with Crippen LogP contribution in [0.2, 0.25) is 0 Å². The summed E-state index contributed by atoms with van der Waals surface area (Å²) in [6.07, 6.45) is 0. The summed E-state index contributed by atoms with van der Waals surface area (Å²) < 4.78 is 51.0. The number of nitrogens with zero attached hydrogens (tertiary/aromatic N) is 1. The maximum absolute atomic E-state index is 12.8. The Morgan fingerprint density at radius 1 is 1.09 bits per heavy atom. The first-order valence-corrected chi connectivity index (χ1v) is 8.46. The predicted octanol–water partition coefficient (Wildman–Crippen LogP) is 5.38. The van der Waals surface area contributed by atoms with Crippen molar-refractivity contribution >= 4 is 42.7 Å². The number of nitriles is 1. The number of hydrogen-bond donors (Lipinski definition) is 0. The highest BCUT2D eigenvalue weighted by Gasteiger charge is 2.39. The van der Waals surface area contributed by atoms with Crippen LogP contribution < -0.4 is 0 Å². The van der Waals surface area contributed by atoms with Crippen LogP contribution in [0.5, 0.6) is 0 Å². The van der Waals surface area contributed by atoms with Gasteiger partial charge in [-0.1, -0.05) is 44.0 Å². The van der Waals surface area contributed by atoms with E-state index in [1.807, 2.05) is 6.07 Å². The molecule has 0 N–H and O–H groups in total. The van der Waals surface area contributed by atoms with Crippen molar-refractivity contribution in [2.75, 3.05) is 0 Å². The number of hydrogen-bond acceptors (Lipinski definition) is 2. The Morgan fingerprint density at radius 2 is 1.68 bits per heavy atom. The Hall–Kier alpha value is -1.17. The number of rotatable bonds is 2. The molecule has 0 fully saturated rings. The zero-order chi connectivity index (χ0) is 16.5. The van der Waals surface area contributed by atoms with Crippen LogP contribution in [0.3, 0.4) is 0 Å². The lowest BCUT2D eigenvalue weighted by molar-refractivity contribution is -0.0384. The van der Waals surface area contributed by atoms with Gasteiger partial charge in [0.25, 0.3) is 0 Å². The molecule has 0 aromatic heterocycles. The molecule has 0 aliphatic rings. The van der Waals surface area contributed by atoms with Gasteiger partial charge in [0, 0.05) is 14.5 Å². The summed E-state index contributed by atoms with van der Waals surface area (Å²) in [6, 6.07) is 10.7. The average molecular weight is 453 g/mol. The molecular weight excluding hydrogens is 447 g/mol. The topological polar surface area (TPSA) is 40.9 Å². The standard InChI is InChI=1S/C14H6Br2F3NOS/c15-10-5-11(16)13(9-3-1-8(7-20)2-4-9)12(6-10)22(21)14(17,18)19/h1-6H. The summed E-state index contributed by atoms with van der Waals surface area (Å²) in [4.78, 5) is -0.349. The molecule has 8 heteroatoms. The molecule has 2 aromatic carbocycles. The van der Waals surface area contributed by atoms with Crippen LogP contribution in [0.4, 0.5) is 13.2 Å². The third kappa shape index (κ3) is 3.59. The fraction of sp³-hybridized carbons (Fsp3) is 0.0714. The molecule has 0 saturated heterocycles. The van der Waals surface area contributed by atoms with Gasteiger partial charge in [0.2, 0.25) is 0 Å². The minimum absolute atomic E-state index is 0.184. The van der Waals surface area contributed by atoms with Gasteiger partial charge in [-0.2, -0.15) is 18.4 Å². The summed E-state index contributed by atoms with van der Waals surface area (Å²) in [5, 5.41) is 8.78. The predicted molar refractivity (Wildman–Crippen MR) is 84.5 cm³/mol. The van der Waals surface area contributed by atoms with Crippen LogP contribution in [-0.4, -0.2) is 9.72 Å². The molecule has 0 saturated carbocycles. The lowest BCUT2D eigenvalue weighted by Gasteiger charge is -2.14.